The quantitative estimate of drug-likeness (QED) is 0.808. The van der Waals surface area contributed by atoms with Crippen LogP contribution in [0.1, 0.15) is 27.2 Å². The predicted molar refractivity (Wildman–Crippen MR) is 88.6 cm³/mol. The number of carbonyl (C=O) groups excluding carboxylic acids is 1. The van der Waals surface area contributed by atoms with Crippen LogP contribution >= 0.6 is 0 Å². The molecule has 0 radical (unpaired) electrons. The van der Waals surface area contributed by atoms with Crippen molar-refractivity contribution in [3.8, 4) is 0 Å². The highest BCUT2D eigenvalue weighted by molar-refractivity contribution is 7.67. The van der Waals surface area contributed by atoms with Gasteiger partial charge in [-0.25, -0.2) is 9.63 Å². The molecule has 0 aromatic rings. The zero-order valence-corrected chi connectivity index (χ0v) is 14.0. The van der Waals surface area contributed by atoms with Gasteiger partial charge in [0.2, 0.25) is 5.91 Å². The van der Waals surface area contributed by atoms with E-state index in [1.807, 2.05) is 39.0 Å². The SMILES string of the molecule is COC1=CC(C)=CC(C=C(C)C2=NNC(=O)CC2C)C1=S=O. The molecule has 2 rings (SSSR count). The minimum absolute atomic E-state index is 0.0653. The number of hydrogen-bond donors (Lipinski definition) is 1. The summed E-state index contributed by atoms with van der Waals surface area (Å²) in [7, 11) is 1.57. The van der Waals surface area contributed by atoms with E-state index in [4.69, 9.17) is 4.74 Å². The Labute approximate surface area is 133 Å². The standard InChI is InChI=1S/C16H20N2O3S/c1-9-5-12(16(22-20)13(6-9)21-4)7-10(2)15-11(3)8-14(19)17-18-15/h5-7,11-12H,8H2,1-4H3,(H,17,19). The Morgan fingerprint density at radius 3 is 2.86 bits per heavy atom. The van der Waals surface area contributed by atoms with Crippen molar-refractivity contribution < 1.29 is 13.7 Å². The van der Waals surface area contributed by atoms with Crippen molar-refractivity contribution in [3.05, 3.63) is 35.1 Å². The number of hydrogen-bond acceptors (Lipinski definition) is 4. The van der Waals surface area contributed by atoms with Crippen LogP contribution in [0.2, 0.25) is 0 Å². The molecule has 0 saturated carbocycles. The highest BCUT2D eigenvalue weighted by atomic mass is 32.1. The monoisotopic (exact) mass is 320 g/mol. The Morgan fingerprint density at radius 1 is 1.55 bits per heavy atom. The molecule has 22 heavy (non-hydrogen) atoms. The summed E-state index contributed by atoms with van der Waals surface area (Å²) in [5.41, 5.74) is 5.39. The van der Waals surface area contributed by atoms with E-state index < -0.39 is 0 Å². The minimum atomic E-state index is -0.130. The zero-order chi connectivity index (χ0) is 16.3. The summed E-state index contributed by atoms with van der Waals surface area (Å²) in [6.07, 6.45) is 6.32. The van der Waals surface area contributed by atoms with Gasteiger partial charge < -0.3 is 4.74 Å². The van der Waals surface area contributed by atoms with Crippen LogP contribution in [0, 0.1) is 11.8 Å². The van der Waals surface area contributed by atoms with Gasteiger partial charge in [0.1, 0.15) is 5.76 Å². The van der Waals surface area contributed by atoms with Crippen molar-refractivity contribution in [2.75, 3.05) is 7.11 Å². The highest BCUT2D eigenvalue weighted by Gasteiger charge is 2.25. The molecule has 1 heterocycles. The normalized spacial score (nSPS) is 25.8. The molecule has 1 aliphatic heterocycles. The Morgan fingerprint density at radius 2 is 2.27 bits per heavy atom. The van der Waals surface area contributed by atoms with Crippen molar-refractivity contribution in [3.63, 3.8) is 0 Å². The van der Waals surface area contributed by atoms with E-state index in [0.29, 0.717) is 28.3 Å². The lowest BCUT2D eigenvalue weighted by atomic mass is 9.89. The van der Waals surface area contributed by atoms with Crippen molar-refractivity contribution in [1.29, 1.82) is 0 Å². The summed E-state index contributed by atoms with van der Waals surface area (Å²) >= 11 is 0.453. The second-order valence-electron chi connectivity index (χ2n) is 5.58. The second-order valence-corrected chi connectivity index (χ2v) is 6.19. The molecule has 0 fully saturated rings. The lowest BCUT2D eigenvalue weighted by molar-refractivity contribution is -0.121. The average Bonchev–Trinajstić information content (AvgIpc) is 2.46. The van der Waals surface area contributed by atoms with Gasteiger partial charge in [-0.1, -0.05) is 24.6 Å². The van der Waals surface area contributed by atoms with Gasteiger partial charge in [0.15, 0.2) is 0 Å². The lowest BCUT2D eigenvalue weighted by Gasteiger charge is -2.22. The van der Waals surface area contributed by atoms with E-state index >= 15 is 0 Å². The smallest absolute Gasteiger partial charge is 0.240 e. The molecule has 118 valence electrons. The number of rotatable bonds is 3. The maximum atomic E-state index is 11.4. The molecule has 2 atom stereocenters. The average molecular weight is 320 g/mol. The van der Waals surface area contributed by atoms with E-state index in [0.717, 1.165) is 16.9 Å². The van der Waals surface area contributed by atoms with Gasteiger partial charge in [0, 0.05) is 18.3 Å². The summed E-state index contributed by atoms with van der Waals surface area (Å²) in [6.45, 7) is 5.90. The molecule has 0 saturated heterocycles. The number of ether oxygens (including phenoxy) is 1. The maximum Gasteiger partial charge on any atom is 0.240 e. The predicted octanol–water partition coefficient (Wildman–Crippen LogP) is 1.94. The molecule has 1 aliphatic carbocycles. The maximum absolute atomic E-state index is 11.4. The van der Waals surface area contributed by atoms with Crippen LogP contribution in [-0.4, -0.2) is 27.8 Å². The van der Waals surface area contributed by atoms with Gasteiger partial charge in [-0.05, 0) is 25.5 Å². The first-order valence-corrected chi connectivity index (χ1v) is 7.86. The van der Waals surface area contributed by atoms with Crippen LogP contribution in [0.5, 0.6) is 0 Å². The number of nitrogens with one attached hydrogen (secondary N) is 1. The number of carbonyl (C=O) groups is 1. The van der Waals surface area contributed by atoms with Gasteiger partial charge in [-0.2, -0.15) is 5.10 Å². The van der Waals surface area contributed by atoms with Gasteiger partial charge in [0.25, 0.3) is 0 Å². The molecule has 0 aromatic heterocycles. The molecule has 1 amide bonds. The van der Waals surface area contributed by atoms with E-state index in [1.54, 1.807) is 7.11 Å². The number of hydrazone groups is 1. The molecule has 5 nitrogen and oxygen atoms in total. The number of nitrogens with zero attached hydrogens (tertiary/aromatic N) is 1. The fraction of sp³-hybridized carbons (Fsp3) is 0.438. The fourth-order valence-electron chi connectivity index (χ4n) is 2.71. The first-order chi connectivity index (χ1) is 10.5. The van der Waals surface area contributed by atoms with Gasteiger partial charge in [0.05, 0.1) is 28.9 Å². The Hall–Kier alpha value is -1.95. The molecule has 0 aromatic carbocycles. The topological polar surface area (TPSA) is 67.8 Å². The third-order valence-electron chi connectivity index (χ3n) is 3.75. The molecule has 2 unspecified atom stereocenters. The molecule has 0 bridgehead atoms. The molecular formula is C16H20N2O3S. The van der Waals surface area contributed by atoms with Crippen LogP contribution in [-0.2, 0) is 20.8 Å². The number of methoxy groups -OCH3 is 1. The van der Waals surface area contributed by atoms with Gasteiger partial charge in [-0.15, -0.1) is 0 Å². The van der Waals surface area contributed by atoms with Crippen LogP contribution in [0.3, 0.4) is 0 Å². The Bertz CT molecular complexity index is 667. The van der Waals surface area contributed by atoms with Gasteiger partial charge in [-0.3, -0.25) is 4.79 Å². The summed E-state index contributed by atoms with van der Waals surface area (Å²) in [5, 5.41) is 4.15. The van der Waals surface area contributed by atoms with E-state index in [-0.39, 0.29) is 17.7 Å². The van der Waals surface area contributed by atoms with Crippen LogP contribution in [0.25, 0.3) is 0 Å². The Balaban J connectivity index is 2.34. The van der Waals surface area contributed by atoms with Gasteiger partial charge >= 0.3 is 0 Å². The summed E-state index contributed by atoms with van der Waals surface area (Å²) in [5.74, 6) is 0.486. The molecule has 0 spiro atoms. The van der Waals surface area contributed by atoms with E-state index in [1.165, 1.54) is 0 Å². The summed E-state index contributed by atoms with van der Waals surface area (Å²) in [6, 6.07) is 0. The van der Waals surface area contributed by atoms with Crippen molar-refractivity contribution >= 4 is 27.7 Å². The minimum Gasteiger partial charge on any atom is -0.495 e. The first kappa shape index (κ1) is 16.4. The largest absolute Gasteiger partial charge is 0.495 e. The molecule has 6 heteroatoms. The fourth-order valence-corrected chi connectivity index (χ4v) is 3.19. The molecule has 1 N–H and O–H groups in total. The van der Waals surface area contributed by atoms with E-state index in [2.05, 4.69) is 10.5 Å². The van der Waals surface area contributed by atoms with Crippen LogP contribution in [0.15, 0.2) is 40.2 Å². The summed E-state index contributed by atoms with van der Waals surface area (Å²) < 4.78 is 16.8. The third-order valence-corrected chi connectivity index (χ3v) is 4.40. The van der Waals surface area contributed by atoms with Crippen LogP contribution < -0.4 is 5.43 Å². The van der Waals surface area contributed by atoms with Crippen molar-refractivity contribution in [1.82, 2.24) is 5.43 Å². The number of allylic oxidation sites excluding steroid dienone is 6. The molecule has 2 aliphatic rings. The molecular weight excluding hydrogens is 300 g/mol. The lowest BCUT2D eigenvalue weighted by Crippen LogP contribution is -2.32. The highest BCUT2D eigenvalue weighted by Crippen LogP contribution is 2.24. The van der Waals surface area contributed by atoms with Crippen molar-refractivity contribution in [2.45, 2.75) is 27.2 Å². The Kier molecular flexibility index (Phi) is 5.13. The van der Waals surface area contributed by atoms with Crippen LogP contribution in [0.4, 0.5) is 0 Å². The van der Waals surface area contributed by atoms with Crippen molar-refractivity contribution in [2.24, 2.45) is 16.9 Å². The third kappa shape index (κ3) is 3.44. The number of amides is 1. The second kappa shape index (κ2) is 6.87. The van der Waals surface area contributed by atoms with E-state index in [9.17, 15) is 9.00 Å². The first-order valence-electron chi connectivity index (χ1n) is 7.12. The zero-order valence-electron chi connectivity index (χ0n) is 13.2. The summed E-state index contributed by atoms with van der Waals surface area (Å²) in [4.78, 5) is 12.0.